The lowest BCUT2D eigenvalue weighted by Crippen LogP contribution is -2.45. The van der Waals surface area contributed by atoms with E-state index in [0.29, 0.717) is 13.1 Å². The van der Waals surface area contributed by atoms with Crippen molar-refractivity contribution in [3.05, 3.63) is 23.8 Å². The highest BCUT2D eigenvalue weighted by atomic mass is 16.7. The average molecular weight is 377 g/mol. The van der Waals surface area contributed by atoms with E-state index in [0.717, 1.165) is 62.9 Å². The number of hydrogen-bond donors (Lipinski definition) is 1. The summed E-state index contributed by atoms with van der Waals surface area (Å²) in [6, 6.07) is 6.19. The summed E-state index contributed by atoms with van der Waals surface area (Å²) >= 11 is 0. The second-order valence-electron chi connectivity index (χ2n) is 7.23. The number of nitrogens with zero attached hydrogens (tertiary/aromatic N) is 2. The lowest BCUT2D eigenvalue weighted by atomic mass is 10.2. The molecule has 0 aromatic heterocycles. The van der Waals surface area contributed by atoms with Crippen molar-refractivity contribution in [1.82, 2.24) is 15.1 Å². The summed E-state index contributed by atoms with van der Waals surface area (Å²) in [6.45, 7) is 10.7. The zero-order valence-electron chi connectivity index (χ0n) is 16.4. The number of morpholine rings is 1. The fraction of sp³-hybridized carbons (Fsp3) is 0.650. The zero-order chi connectivity index (χ0) is 19.1. The first kappa shape index (κ1) is 19.9. The van der Waals surface area contributed by atoms with Gasteiger partial charge in [-0.15, -0.1) is 0 Å². The van der Waals surface area contributed by atoms with Gasteiger partial charge in [-0.25, -0.2) is 0 Å². The van der Waals surface area contributed by atoms with E-state index in [1.54, 1.807) is 0 Å². The van der Waals surface area contributed by atoms with E-state index in [4.69, 9.17) is 14.2 Å². The molecule has 3 rings (SSSR count). The van der Waals surface area contributed by atoms with Crippen molar-refractivity contribution >= 4 is 5.91 Å². The van der Waals surface area contributed by atoms with Gasteiger partial charge in [-0.3, -0.25) is 14.6 Å². The van der Waals surface area contributed by atoms with Crippen molar-refractivity contribution in [2.45, 2.75) is 32.9 Å². The lowest BCUT2D eigenvalue weighted by Gasteiger charge is -2.30. The van der Waals surface area contributed by atoms with Crippen LogP contribution in [0.5, 0.6) is 11.5 Å². The van der Waals surface area contributed by atoms with Gasteiger partial charge in [0.2, 0.25) is 12.7 Å². The Morgan fingerprint density at radius 2 is 2.04 bits per heavy atom. The molecule has 0 radical (unpaired) electrons. The number of nitrogens with one attached hydrogen (secondary N) is 1. The van der Waals surface area contributed by atoms with Crippen molar-refractivity contribution in [3.8, 4) is 11.5 Å². The number of hydrogen-bond acceptors (Lipinski definition) is 6. The van der Waals surface area contributed by atoms with Gasteiger partial charge < -0.3 is 19.5 Å². The highest BCUT2D eigenvalue weighted by Crippen LogP contribution is 2.32. The van der Waals surface area contributed by atoms with Gasteiger partial charge in [0.15, 0.2) is 11.5 Å². The monoisotopic (exact) mass is 377 g/mol. The van der Waals surface area contributed by atoms with E-state index < -0.39 is 0 Å². The molecule has 1 saturated heterocycles. The van der Waals surface area contributed by atoms with Crippen LogP contribution in [0.15, 0.2) is 18.2 Å². The maximum absolute atomic E-state index is 12.4. The molecular formula is C20H31N3O4. The number of ether oxygens (including phenoxy) is 3. The minimum absolute atomic E-state index is 0.0760. The van der Waals surface area contributed by atoms with Crippen LogP contribution >= 0.6 is 0 Å². The van der Waals surface area contributed by atoms with Crippen LogP contribution in [0, 0.1) is 0 Å². The van der Waals surface area contributed by atoms with Crippen LogP contribution in [-0.2, 0) is 16.1 Å². The van der Waals surface area contributed by atoms with E-state index in [-0.39, 0.29) is 18.7 Å². The fourth-order valence-electron chi connectivity index (χ4n) is 3.24. The molecule has 0 aliphatic carbocycles. The Bertz CT molecular complexity index is 619. The van der Waals surface area contributed by atoms with Gasteiger partial charge in [-0.05, 0) is 31.0 Å². The van der Waals surface area contributed by atoms with Crippen molar-refractivity contribution in [2.24, 2.45) is 0 Å². The first-order valence-corrected chi connectivity index (χ1v) is 9.84. The van der Waals surface area contributed by atoms with Gasteiger partial charge in [0.25, 0.3) is 0 Å². The highest BCUT2D eigenvalue weighted by Gasteiger charge is 2.18. The predicted octanol–water partition coefficient (Wildman–Crippen LogP) is 1.46. The molecule has 1 fully saturated rings. The van der Waals surface area contributed by atoms with Crippen molar-refractivity contribution in [1.29, 1.82) is 0 Å². The van der Waals surface area contributed by atoms with Crippen molar-refractivity contribution in [2.75, 3.05) is 52.7 Å². The van der Waals surface area contributed by atoms with E-state index >= 15 is 0 Å². The van der Waals surface area contributed by atoms with Crippen LogP contribution in [0.2, 0.25) is 0 Å². The van der Waals surface area contributed by atoms with Gasteiger partial charge >= 0.3 is 0 Å². The van der Waals surface area contributed by atoms with E-state index in [1.165, 1.54) is 0 Å². The second-order valence-corrected chi connectivity index (χ2v) is 7.23. The lowest BCUT2D eigenvalue weighted by molar-refractivity contribution is -0.123. The standard InChI is InChI=1S/C20H31N3O4/c1-3-16(2)21-20(24)14-23(7-6-22-8-10-25-11-9-22)13-17-4-5-18-19(12-17)27-15-26-18/h4-5,12,16H,3,6-11,13-15H2,1-2H3,(H,21,24). The molecule has 1 aromatic rings. The molecular weight excluding hydrogens is 346 g/mol. The van der Waals surface area contributed by atoms with Gasteiger partial charge in [0, 0.05) is 38.8 Å². The van der Waals surface area contributed by atoms with Crippen LogP contribution in [0.25, 0.3) is 0 Å². The van der Waals surface area contributed by atoms with Crippen LogP contribution in [0.1, 0.15) is 25.8 Å². The van der Waals surface area contributed by atoms with E-state index in [2.05, 4.69) is 22.0 Å². The summed E-state index contributed by atoms with van der Waals surface area (Å²) in [5.74, 6) is 1.64. The third-order valence-electron chi connectivity index (χ3n) is 5.07. The Labute approximate surface area is 161 Å². The summed E-state index contributed by atoms with van der Waals surface area (Å²) < 4.78 is 16.3. The fourth-order valence-corrected chi connectivity index (χ4v) is 3.24. The van der Waals surface area contributed by atoms with Crippen LogP contribution in [-0.4, -0.2) is 74.5 Å². The Morgan fingerprint density at radius 3 is 2.81 bits per heavy atom. The summed E-state index contributed by atoms with van der Waals surface area (Å²) in [4.78, 5) is 17.0. The molecule has 0 saturated carbocycles. The molecule has 0 spiro atoms. The molecule has 0 bridgehead atoms. The van der Waals surface area contributed by atoms with E-state index in [9.17, 15) is 4.79 Å². The molecule has 1 amide bonds. The smallest absolute Gasteiger partial charge is 0.234 e. The van der Waals surface area contributed by atoms with Gasteiger partial charge in [0.1, 0.15) is 0 Å². The molecule has 1 atom stereocenters. The maximum atomic E-state index is 12.4. The quantitative estimate of drug-likeness (QED) is 0.703. The predicted molar refractivity (Wildman–Crippen MR) is 103 cm³/mol. The summed E-state index contributed by atoms with van der Waals surface area (Å²) in [7, 11) is 0. The molecule has 1 N–H and O–H groups in total. The number of carbonyl (C=O) groups excluding carboxylic acids is 1. The van der Waals surface area contributed by atoms with E-state index in [1.807, 2.05) is 25.1 Å². The molecule has 7 nitrogen and oxygen atoms in total. The SMILES string of the molecule is CCC(C)NC(=O)CN(CCN1CCOCC1)Cc1ccc2c(c1)OCO2. The molecule has 2 heterocycles. The molecule has 2 aliphatic rings. The Morgan fingerprint density at radius 1 is 1.26 bits per heavy atom. The summed E-state index contributed by atoms with van der Waals surface area (Å²) in [6.07, 6.45) is 0.932. The van der Waals surface area contributed by atoms with Crippen molar-refractivity contribution in [3.63, 3.8) is 0 Å². The Kier molecular flexibility index (Phi) is 7.32. The highest BCUT2D eigenvalue weighted by molar-refractivity contribution is 5.78. The number of rotatable bonds is 9. The zero-order valence-corrected chi connectivity index (χ0v) is 16.4. The van der Waals surface area contributed by atoms with Crippen molar-refractivity contribution < 1.29 is 19.0 Å². The second kappa shape index (κ2) is 9.92. The average Bonchev–Trinajstić information content (AvgIpc) is 3.14. The molecule has 1 unspecified atom stereocenters. The third kappa shape index (κ3) is 6.09. The number of amides is 1. The van der Waals surface area contributed by atoms with Crippen LogP contribution in [0.3, 0.4) is 0 Å². The minimum atomic E-state index is 0.0760. The molecule has 7 heteroatoms. The number of benzene rings is 1. The largest absolute Gasteiger partial charge is 0.454 e. The normalized spacial score (nSPS) is 17.9. The topological polar surface area (TPSA) is 63.3 Å². The molecule has 2 aliphatic heterocycles. The number of carbonyl (C=O) groups is 1. The summed E-state index contributed by atoms with van der Waals surface area (Å²) in [5, 5.41) is 3.07. The minimum Gasteiger partial charge on any atom is -0.454 e. The first-order chi connectivity index (χ1) is 13.1. The van der Waals surface area contributed by atoms with Crippen LogP contribution in [0.4, 0.5) is 0 Å². The van der Waals surface area contributed by atoms with Gasteiger partial charge in [-0.2, -0.15) is 0 Å². The molecule has 27 heavy (non-hydrogen) atoms. The first-order valence-electron chi connectivity index (χ1n) is 9.84. The Hall–Kier alpha value is -1.83. The maximum Gasteiger partial charge on any atom is 0.234 e. The van der Waals surface area contributed by atoms with Crippen LogP contribution < -0.4 is 14.8 Å². The Balaban J connectivity index is 1.59. The third-order valence-corrected chi connectivity index (χ3v) is 5.07. The summed E-state index contributed by atoms with van der Waals surface area (Å²) in [5.41, 5.74) is 1.12. The van der Waals surface area contributed by atoms with Gasteiger partial charge in [-0.1, -0.05) is 13.0 Å². The van der Waals surface area contributed by atoms with Gasteiger partial charge in [0.05, 0.1) is 19.8 Å². The molecule has 150 valence electrons. The number of fused-ring (bicyclic) bond motifs is 1. The molecule has 1 aromatic carbocycles.